The van der Waals surface area contributed by atoms with E-state index in [4.69, 9.17) is 4.52 Å². The van der Waals surface area contributed by atoms with Crippen LogP contribution in [0.15, 0.2) is 4.52 Å². The van der Waals surface area contributed by atoms with Crippen molar-refractivity contribution < 1.29 is 9.63 Å². The highest BCUT2D eigenvalue weighted by Gasteiger charge is 2.11. The molecule has 0 aromatic carbocycles. The first-order valence-corrected chi connectivity index (χ1v) is 4.31. The lowest BCUT2D eigenvalue weighted by Crippen LogP contribution is -2.11. The van der Waals surface area contributed by atoms with Gasteiger partial charge in [-0.15, -0.1) is 0 Å². The molecule has 0 spiro atoms. The van der Waals surface area contributed by atoms with Gasteiger partial charge >= 0.3 is 0 Å². The number of hydrogen-bond donors (Lipinski definition) is 1. The zero-order valence-electron chi connectivity index (χ0n) is 8.19. The van der Waals surface area contributed by atoms with E-state index in [9.17, 15) is 5.11 Å². The molecule has 1 unspecified atom stereocenters. The second-order valence-electron chi connectivity index (χ2n) is 3.15. The second kappa shape index (κ2) is 4.23. The number of aliphatic hydroxyl groups is 1. The van der Waals surface area contributed by atoms with Crippen molar-refractivity contribution in [2.45, 2.75) is 25.9 Å². The number of nitrogens with zero attached hydrogens (tertiary/aromatic N) is 3. The molecule has 1 N–H and O–H groups in total. The molecule has 74 valence electrons. The monoisotopic (exact) mass is 185 g/mol. The summed E-state index contributed by atoms with van der Waals surface area (Å²) in [4.78, 5) is 5.84. The number of rotatable bonds is 4. The number of anilines is 1. The van der Waals surface area contributed by atoms with E-state index in [0.717, 1.165) is 0 Å². The molecule has 5 heteroatoms. The predicted molar refractivity (Wildman–Crippen MR) is 48.6 cm³/mol. The average molecular weight is 185 g/mol. The molecule has 0 aliphatic rings. The molecule has 0 saturated heterocycles. The van der Waals surface area contributed by atoms with Crippen LogP contribution in [0.5, 0.6) is 0 Å². The highest BCUT2D eigenvalue weighted by atomic mass is 16.5. The van der Waals surface area contributed by atoms with Gasteiger partial charge in [-0.25, -0.2) is 0 Å². The summed E-state index contributed by atoms with van der Waals surface area (Å²) in [5, 5.41) is 13.0. The molecule has 0 aliphatic carbocycles. The van der Waals surface area contributed by atoms with Gasteiger partial charge in [-0.05, 0) is 11.6 Å². The molecule has 13 heavy (non-hydrogen) atoms. The van der Waals surface area contributed by atoms with E-state index >= 15 is 0 Å². The van der Waals surface area contributed by atoms with Crippen LogP contribution in [0, 0.1) is 0 Å². The predicted octanol–water partition coefficient (Wildman–Crippen LogP) is 0.449. The zero-order chi connectivity index (χ0) is 9.84. The van der Waals surface area contributed by atoms with Crippen LogP contribution >= 0.6 is 0 Å². The van der Waals surface area contributed by atoms with Crippen LogP contribution in [-0.2, 0) is 6.42 Å². The molecule has 0 saturated carbocycles. The Kier molecular flexibility index (Phi) is 3.25. The fourth-order valence-electron chi connectivity index (χ4n) is 0.856. The van der Waals surface area contributed by atoms with E-state index in [1.54, 1.807) is 4.90 Å². The quantitative estimate of drug-likeness (QED) is 0.737. The van der Waals surface area contributed by atoms with E-state index < -0.39 is 6.10 Å². The Morgan fingerprint density at radius 2 is 2.23 bits per heavy atom. The Labute approximate surface area is 77.4 Å². The van der Waals surface area contributed by atoms with Crippen LogP contribution in [0.25, 0.3) is 0 Å². The first kappa shape index (κ1) is 9.98. The minimum absolute atomic E-state index is 0.393. The lowest BCUT2D eigenvalue weighted by Gasteiger charge is -2.03. The van der Waals surface area contributed by atoms with E-state index in [1.807, 2.05) is 21.0 Å². The van der Waals surface area contributed by atoms with Gasteiger partial charge in [-0.1, -0.05) is 6.92 Å². The second-order valence-corrected chi connectivity index (χ2v) is 3.15. The van der Waals surface area contributed by atoms with Gasteiger partial charge < -0.3 is 14.5 Å². The van der Waals surface area contributed by atoms with Crippen LogP contribution in [0.4, 0.5) is 5.95 Å². The zero-order valence-corrected chi connectivity index (χ0v) is 8.19. The molecule has 1 heterocycles. The van der Waals surface area contributed by atoms with E-state index in [2.05, 4.69) is 10.1 Å². The molecule has 5 nitrogen and oxygen atoms in total. The summed E-state index contributed by atoms with van der Waals surface area (Å²) in [5.74, 6) is 1.02. The smallest absolute Gasteiger partial charge is 0.265 e. The van der Waals surface area contributed by atoms with Crippen LogP contribution in [0.3, 0.4) is 0 Å². The third-order valence-corrected chi connectivity index (χ3v) is 1.74. The van der Waals surface area contributed by atoms with Crippen molar-refractivity contribution >= 4 is 5.95 Å². The van der Waals surface area contributed by atoms with Gasteiger partial charge in [0.15, 0.2) is 0 Å². The van der Waals surface area contributed by atoms with Gasteiger partial charge in [0.25, 0.3) is 5.95 Å². The van der Waals surface area contributed by atoms with E-state index in [-0.39, 0.29) is 0 Å². The van der Waals surface area contributed by atoms with Crippen molar-refractivity contribution in [3.05, 3.63) is 5.89 Å². The largest absolute Gasteiger partial charge is 0.393 e. The van der Waals surface area contributed by atoms with Crippen LogP contribution in [-0.4, -0.2) is 35.4 Å². The lowest BCUT2D eigenvalue weighted by atomic mass is 10.2. The minimum atomic E-state index is -0.393. The van der Waals surface area contributed by atoms with Gasteiger partial charge in [0.2, 0.25) is 5.89 Å². The molecule has 0 amide bonds. The summed E-state index contributed by atoms with van der Waals surface area (Å²) >= 11 is 0. The number of aliphatic hydroxyl groups excluding tert-OH is 1. The van der Waals surface area contributed by atoms with Crippen LogP contribution in [0.1, 0.15) is 19.2 Å². The van der Waals surface area contributed by atoms with Crippen molar-refractivity contribution in [3.8, 4) is 0 Å². The van der Waals surface area contributed by atoms with Gasteiger partial charge in [0.05, 0.1) is 12.5 Å². The Hall–Kier alpha value is -1.10. The molecule has 1 atom stereocenters. The summed E-state index contributed by atoms with van der Waals surface area (Å²) in [7, 11) is 3.68. The third-order valence-electron chi connectivity index (χ3n) is 1.74. The molecular formula is C8H15N3O2. The molecule has 1 rings (SSSR count). The molecule has 1 aromatic heterocycles. The standard InChI is InChI=1S/C8H15N3O2/c1-4-6(12)5-7-9-8(10-13-7)11(2)3/h6,12H,4-5H2,1-3H3. The SMILES string of the molecule is CCC(O)Cc1nc(N(C)C)no1. The highest BCUT2D eigenvalue weighted by molar-refractivity contribution is 5.23. The first-order chi connectivity index (χ1) is 6.13. The molecule has 1 aromatic rings. The number of aromatic nitrogens is 2. The maximum absolute atomic E-state index is 9.32. The van der Waals surface area contributed by atoms with Crippen molar-refractivity contribution in [2.24, 2.45) is 0 Å². The Bertz CT molecular complexity index is 260. The lowest BCUT2D eigenvalue weighted by molar-refractivity contribution is 0.158. The average Bonchev–Trinajstić information content (AvgIpc) is 2.52. The van der Waals surface area contributed by atoms with Crippen molar-refractivity contribution in [2.75, 3.05) is 19.0 Å². The normalized spacial score (nSPS) is 12.9. The Balaban J connectivity index is 2.58. The van der Waals surface area contributed by atoms with Crippen molar-refractivity contribution in [3.63, 3.8) is 0 Å². The van der Waals surface area contributed by atoms with Crippen molar-refractivity contribution in [1.82, 2.24) is 10.1 Å². The summed E-state index contributed by atoms with van der Waals surface area (Å²) in [6.45, 7) is 1.91. The van der Waals surface area contributed by atoms with Gasteiger partial charge in [0.1, 0.15) is 0 Å². The molecular weight excluding hydrogens is 170 g/mol. The summed E-state index contributed by atoms with van der Waals surface area (Å²) in [6.07, 6.45) is 0.729. The molecule has 0 bridgehead atoms. The fraction of sp³-hybridized carbons (Fsp3) is 0.750. The molecule has 0 fully saturated rings. The first-order valence-electron chi connectivity index (χ1n) is 4.31. The Morgan fingerprint density at radius 3 is 2.69 bits per heavy atom. The minimum Gasteiger partial charge on any atom is -0.393 e. The maximum atomic E-state index is 9.32. The summed E-state index contributed by atoms with van der Waals surface area (Å²) in [5.41, 5.74) is 0. The summed E-state index contributed by atoms with van der Waals surface area (Å²) < 4.78 is 4.94. The highest BCUT2D eigenvalue weighted by Crippen LogP contribution is 2.08. The van der Waals surface area contributed by atoms with Gasteiger partial charge in [0, 0.05) is 14.1 Å². The van der Waals surface area contributed by atoms with Crippen LogP contribution in [0.2, 0.25) is 0 Å². The Morgan fingerprint density at radius 1 is 1.54 bits per heavy atom. The molecule has 0 aliphatic heterocycles. The van der Waals surface area contributed by atoms with Crippen molar-refractivity contribution in [1.29, 1.82) is 0 Å². The third kappa shape index (κ3) is 2.69. The van der Waals surface area contributed by atoms with Crippen LogP contribution < -0.4 is 4.90 Å². The molecule has 0 radical (unpaired) electrons. The topological polar surface area (TPSA) is 62.4 Å². The summed E-state index contributed by atoms with van der Waals surface area (Å²) in [6, 6.07) is 0. The van der Waals surface area contributed by atoms with E-state index in [0.29, 0.717) is 24.7 Å². The van der Waals surface area contributed by atoms with Gasteiger partial charge in [-0.3, -0.25) is 0 Å². The number of hydrogen-bond acceptors (Lipinski definition) is 5. The van der Waals surface area contributed by atoms with Gasteiger partial charge in [-0.2, -0.15) is 4.98 Å². The maximum Gasteiger partial charge on any atom is 0.265 e. The van der Waals surface area contributed by atoms with E-state index in [1.165, 1.54) is 0 Å². The fourth-order valence-corrected chi connectivity index (χ4v) is 0.856.